The van der Waals surface area contributed by atoms with Crippen LogP contribution in [-0.2, 0) is 4.79 Å². The first kappa shape index (κ1) is 15.1. The molecule has 1 unspecified atom stereocenters. The van der Waals surface area contributed by atoms with E-state index < -0.39 is 23.7 Å². The standard InChI is InChI=1S/C14H18FNO3/c1-4-8(2)12(14(18)19)16-13(17)10-5-6-11(15)9(3)7-10/h5-8,12H,4H2,1-3H3,(H,16,17)(H,18,19)/t8?,12-/m0/s1. The molecule has 0 saturated carbocycles. The molecule has 0 saturated heterocycles. The van der Waals surface area contributed by atoms with E-state index in [-0.39, 0.29) is 11.5 Å². The predicted molar refractivity (Wildman–Crippen MR) is 69.5 cm³/mol. The van der Waals surface area contributed by atoms with Crippen molar-refractivity contribution in [1.29, 1.82) is 0 Å². The second kappa shape index (κ2) is 6.31. The van der Waals surface area contributed by atoms with Gasteiger partial charge in [-0.25, -0.2) is 9.18 Å². The van der Waals surface area contributed by atoms with Crippen LogP contribution in [0.4, 0.5) is 4.39 Å². The summed E-state index contributed by atoms with van der Waals surface area (Å²) in [7, 11) is 0. The number of carboxylic acids is 1. The molecule has 0 radical (unpaired) electrons. The van der Waals surface area contributed by atoms with Crippen molar-refractivity contribution in [2.24, 2.45) is 5.92 Å². The first-order valence-electron chi connectivity index (χ1n) is 6.16. The van der Waals surface area contributed by atoms with Crippen LogP contribution < -0.4 is 5.32 Å². The number of aliphatic carboxylic acids is 1. The van der Waals surface area contributed by atoms with Crippen LogP contribution in [0, 0.1) is 18.7 Å². The molecular weight excluding hydrogens is 249 g/mol. The summed E-state index contributed by atoms with van der Waals surface area (Å²) >= 11 is 0. The summed E-state index contributed by atoms with van der Waals surface area (Å²) in [6.07, 6.45) is 0.639. The van der Waals surface area contributed by atoms with Crippen molar-refractivity contribution < 1.29 is 19.1 Å². The largest absolute Gasteiger partial charge is 0.480 e. The fourth-order valence-electron chi connectivity index (χ4n) is 1.69. The summed E-state index contributed by atoms with van der Waals surface area (Å²) in [4.78, 5) is 23.1. The zero-order chi connectivity index (χ0) is 14.6. The van der Waals surface area contributed by atoms with Crippen LogP contribution in [0.15, 0.2) is 18.2 Å². The zero-order valence-corrected chi connectivity index (χ0v) is 11.2. The van der Waals surface area contributed by atoms with Crippen molar-refractivity contribution in [3.05, 3.63) is 35.1 Å². The third kappa shape index (κ3) is 3.77. The third-order valence-electron chi connectivity index (χ3n) is 3.19. The Balaban J connectivity index is 2.87. The Morgan fingerprint density at radius 3 is 2.53 bits per heavy atom. The number of aryl methyl sites for hydroxylation is 1. The van der Waals surface area contributed by atoms with Crippen molar-refractivity contribution in [2.45, 2.75) is 33.2 Å². The highest BCUT2D eigenvalue weighted by Crippen LogP contribution is 2.12. The third-order valence-corrected chi connectivity index (χ3v) is 3.19. The summed E-state index contributed by atoms with van der Waals surface area (Å²) in [5, 5.41) is 11.6. The van der Waals surface area contributed by atoms with Gasteiger partial charge in [-0.1, -0.05) is 20.3 Å². The van der Waals surface area contributed by atoms with Crippen LogP contribution in [0.3, 0.4) is 0 Å². The van der Waals surface area contributed by atoms with E-state index in [0.717, 1.165) is 0 Å². The summed E-state index contributed by atoms with van der Waals surface area (Å²) in [6, 6.07) is 3.00. The van der Waals surface area contributed by atoms with Crippen molar-refractivity contribution >= 4 is 11.9 Å². The van der Waals surface area contributed by atoms with Gasteiger partial charge in [0.05, 0.1) is 0 Å². The maximum atomic E-state index is 13.1. The van der Waals surface area contributed by atoms with Crippen molar-refractivity contribution in [3.63, 3.8) is 0 Å². The fourth-order valence-corrected chi connectivity index (χ4v) is 1.69. The van der Waals surface area contributed by atoms with Gasteiger partial charge in [0.1, 0.15) is 11.9 Å². The quantitative estimate of drug-likeness (QED) is 0.860. The Labute approximate surface area is 111 Å². The fraction of sp³-hybridized carbons (Fsp3) is 0.429. The number of carboxylic acid groups (broad SMARTS) is 1. The molecule has 2 atom stereocenters. The summed E-state index contributed by atoms with van der Waals surface area (Å²) in [5.74, 6) is -2.14. The normalized spacial score (nSPS) is 13.7. The summed E-state index contributed by atoms with van der Waals surface area (Å²) < 4.78 is 13.1. The number of carbonyl (C=O) groups is 2. The molecule has 1 rings (SSSR count). The van der Waals surface area contributed by atoms with Gasteiger partial charge >= 0.3 is 5.97 Å². The molecule has 0 heterocycles. The number of nitrogens with one attached hydrogen (secondary N) is 1. The van der Waals surface area contributed by atoms with Crippen LogP contribution in [0.25, 0.3) is 0 Å². The SMILES string of the molecule is CCC(C)[C@H](NC(=O)c1ccc(F)c(C)c1)C(=O)O. The minimum absolute atomic E-state index is 0.178. The zero-order valence-electron chi connectivity index (χ0n) is 11.2. The van der Waals surface area contributed by atoms with Crippen molar-refractivity contribution in [2.75, 3.05) is 0 Å². The average molecular weight is 267 g/mol. The van der Waals surface area contributed by atoms with E-state index >= 15 is 0 Å². The van der Waals surface area contributed by atoms with Crippen LogP contribution in [0.1, 0.15) is 36.2 Å². The predicted octanol–water partition coefficient (Wildman–Crippen LogP) is 2.36. The minimum Gasteiger partial charge on any atom is -0.480 e. The van der Waals surface area contributed by atoms with Gasteiger partial charge in [-0.15, -0.1) is 0 Å². The van der Waals surface area contributed by atoms with Gasteiger partial charge in [-0.3, -0.25) is 4.79 Å². The van der Waals surface area contributed by atoms with Gasteiger partial charge < -0.3 is 10.4 Å². The highest BCUT2D eigenvalue weighted by molar-refractivity contribution is 5.96. The second-order valence-corrected chi connectivity index (χ2v) is 4.64. The van der Waals surface area contributed by atoms with E-state index in [0.29, 0.717) is 12.0 Å². The van der Waals surface area contributed by atoms with E-state index in [2.05, 4.69) is 5.32 Å². The second-order valence-electron chi connectivity index (χ2n) is 4.64. The lowest BCUT2D eigenvalue weighted by Gasteiger charge is -2.20. The molecule has 2 N–H and O–H groups in total. The van der Waals surface area contributed by atoms with Crippen LogP contribution in [-0.4, -0.2) is 23.0 Å². The molecule has 5 heteroatoms. The first-order chi connectivity index (χ1) is 8.86. The Morgan fingerprint density at radius 2 is 2.05 bits per heavy atom. The lowest BCUT2D eigenvalue weighted by molar-refractivity contribution is -0.140. The lowest BCUT2D eigenvalue weighted by atomic mass is 9.99. The average Bonchev–Trinajstić information content (AvgIpc) is 2.37. The number of carbonyl (C=O) groups excluding carboxylic acids is 1. The maximum Gasteiger partial charge on any atom is 0.326 e. The van der Waals surface area contributed by atoms with Crippen molar-refractivity contribution in [3.8, 4) is 0 Å². The molecule has 1 amide bonds. The summed E-state index contributed by atoms with van der Waals surface area (Å²) in [5.41, 5.74) is 0.608. The van der Waals surface area contributed by atoms with Gasteiger partial charge in [0.25, 0.3) is 5.91 Å². The summed E-state index contributed by atoms with van der Waals surface area (Å²) in [6.45, 7) is 5.17. The van der Waals surface area contributed by atoms with Gasteiger partial charge in [-0.2, -0.15) is 0 Å². The van der Waals surface area contributed by atoms with E-state index in [1.54, 1.807) is 13.8 Å². The lowest BCUT2D eigenvalue weighted by Crippen LogP contribution is -2.45. The number of halogens is 1. The molecule has 0 bridgehead atoms. The van der Waals surface area contributed by atoms with Crippen molar-refractivity contribution in [1.82, 2.24) is 5.32 Å². The van der Waals surface area contributed by atoms with Crippen LogP contribution in [0.2, 0.25) is 0 Å². The highest BCUT2D eigenvalue weighted by Gasteiger charge is 2.25. The first-order valence-corrected chi connectivity index (χ1v) is 6.16. The van der Waals surface area contributed by atoms with Crippen LogP contribution in [0.5, 0.6) is 0 Å². The van der Waals surface area contributed by atoms with Gasteiger partial charge in [-0.05, 0) is 36.6 Å². The number of amides is 1. The molecule has 4 nitrogen and oxygen atoms in total. The molecule has 1 aromatic rings. The Hall–Kier alpha value is -1.91. The van der Waals surface area contributed by atoms with Gasteiger partial charge in [0, 0.05) is 5.56 Å². The highest BCUT2D eigenvalue weighted by atomic mass is 19.1. The number of hydrogen-bond acceptors (Lipinski definition) is 2. The Morgan fingerprint density at radius 1 is 1.42 bits per heavy atom. The molecule has 19 heavy (non-hydrogen) atoms. The van der Waals surface area contributed by atoms with E-state index in [4.69, 9.17) is 5.11 Å². The number of benzene rings is 1. The monoisotopic (exact) mass is 267 g/mol. The molecular formula is C14H18FNO3. The topological polar surface area (TPSA) is 66.4 Å². The Kier molecular flexibility index (Phi) is 5.03. The maximum absolute atomic E-state index is 13.1. The molecule has 0 aliphatic carbocycles. The smallest absolute Gasteiger partial charge is 0.326 e. The van der Waals surface area contributed by atoms with E-state index in [9.17, 15) is 14.0 Å². The minimum atomic E-state index is -1.07. The van der Waals surface area contributed by atoms with Gasteiger partial charge in [0.15, 0.2) is 0 Å². The number of rotatable bonds is 5. The van der Waals surface area contributed by atoms with E-state index in [1.165, 1.54) is 18.2 Å². The molecule has 1 aromatic carbocycles. The molecule has 0 spiro atoms. The molecule has 0 fully saturated rings. The molecule has 0 aliphatic heterocycles. The van der Waals surface area contributed by atoms with Crippen LogP contribution >= 0.6 is 0 Å². The Bertz CT molecular complexity index is 488. The molecule has 104 valence electrons. The molecule has 0 aromatic heterocycles. The van der Waals surface area contributed by atoms with Gasteiger partial charge in [0.2, 0.25) is 0 Å². The molecule has 0 aliphatic rings. The number of hydrogen-bond donors (Lipinski definition) is 2. The van der Waals surface area contributed by atoms with E-state index in [1.807, 2.05) is 6.92 Å².